The summed E-state index contributed by atoms with van der Waals surface area (Å²) >= 11 is 0. The standard InChI is InChI=1S/C24H31N3O5/c28-21-10-9-20(22(29)26-21)15-1-5-18(6-2-15)25-19-7-3-16(4-8-19)23(30)27-13-11-17(12-14-27)24(31)32/h1-2,5-6,16-17,19-20,25H,3-4,7-14H2,(H,31,32)(H,26,28,29)/t16?,19?,20-/m1/s1. The molecule has 2 heterocycles. The molecule has 1 saturated carbocycles. The maximum absolute atomic E-state index is 12.8. The van der Waals surface area contributed by atoms with Crippen LogP contribution in [0.2, 0.25) is 0 Å². The zero-order valence-electron chi connectivity index (χ0n) is 18.2. The van der Waals surface area contributed by atoms with Crippen molar-refractivity contribution in [1.29, 1.82) is 0 Å². The van der Waals surface area contributed by atoms with Crippen LogP contribution >= 0.6 is 0 Å². The molecule has 8 heteroatoms. The van der Waals surface area contributed by atoms with Crippen LogP contribution in [-0.4, -0.2) is 52.8 Å². The number of likely N-dealkylation sites (tertiary alicyclic amines) is 1. The lowest BCUT2D eigenvalue weighted by Crippen LogP contribution is -2.44. The first-order valence-electron chi connectivity index (χ1n) is 11.6. The van der Waals surface area contributed by atoms with Gasteiger partial charge in [-0.2, -0.15) is 0 Å². The number of benzene rings is 1. The molecule has 32 heavy (non-hydrogen) atoms. The molecule has 8 nitrogen and oxygen atoms in total. The number of nitrogens with zero attached hydrogens (tertiary/aromatic N) is 1. The number of amides is 3. The molecule has 3 aliphatic rings. The van der Waals surface area contributed by atoms with Crippen LogP contribution in [0.5, 0.6) is 0 Å². The second-order valence-electron chi connectivity index (χ2n) is 9.26. The van der Waals surface area contributed by atoms with Crippen molar-refractivity contribution in [1.82, 2.24) is 10.2 Å². The van der Waals surface area contributed by atoms with Gasteiger partial charge in [0.05, 0.1) is 11.8 Å². The highest BCUT2D eigenvalue weighted by atomic mass is 16.4. The smallest absolute Gasteiger partial charge is 0.306 e. The Labute approximate surface area is 187 Å². The Bertz CT molecular complexity index is 868. The van der Waals surface area contributed by atoms with E-state index in [1.54, 1.807) is 0 Å². The van der Waals surface area contributed by atoms with Crippen molar-refractivity contribution in [2.75, 3.05) is 18.4 Å². The summed E-state index contributed by atoms with van der Waals surface area (Å²) < 4.78 is 0. The van der Waals surface area contributed by atoms with E-state index in [4.69, 9.17) is 5.11 Å². The lowest BCUT2D eigenvalue weighted by molar-refractivity contribution is -0.147. The summed E-state index contributed by atoms with van der Waals surface area (Å²) in [6, 6.07) is 8.14. The van der Waals surface area contributed by atoms with Gasteiger partial charge in [0.25, 0.3) is 0 Å². The number of carboxylic acids is 1. The number of rotatable bonds is 5. The molecule has 0 unspecified atom stereocenters. The summed E-state index contributed by atoms with van der Waals surface area (Å²) in [6.45, 7) is 1.10. The summed E-state index contributed by atoms with van der Waals surface area (Å²) in [5, 5.41) is 15.1. The number of imide groups is 1. The zero-order valence-corrected chi connectivity index (χ0v) is 18.2. The minimum Gasteiger partial charge on any atom is -0.481 e. The van der Waals surface area contributed by atoms with Crippen molar-refractivity contribution < 1.29 is 24.3 Å². The molecule has 0 bridgehead atoms. The van der Waals surface area contributed by atoms with Gasteiger partial charge in [-0.1, -0.05) is 12.1 Å². The predicted octanol–water partition coefficient (Wildman–Crippen LogP) is 2.50. The monoisotopic (exact) mass is 441 g/mol. The molecule has 3 fully saturated rings. The minimum absolute atomic E-state index is 0.0318. The van der Waals surface area contributed by atoms with Crippen LogP contribution < -0.4 is 10.6 Å². The molecule has 1 aromatic carbocycles. The second-order valence-corrected chi connectivity index (χ2v) is 9.26. The van der Waals surface area contributed by atoms with E-state index >= 15 is 0 Å². The minimum atomic E-state index is -0.756. The first kappa shape index (κ1) is 22.3. The third-order valence-electron chi connectivity index (χ3n) is 7.16. The maximum atomic E-state index is 12.8. The molecule has 1 atom stereocenters. The summed E-state index contributed by atoms with van der Waals surface area (Å²) in [4.78, 5) is 49.2. The number of carbonyl (C=O) groups is 4. The number of hydrogen-bond donors (Lipinski definition) is 3. The van der Waals surface area contributed by atoms with E-state index in [0.717, 1.165) is 36.9 Å². The number of nitrogens with one attached hydrogen (secondary N) is 2. The highest BCUT2D eigenvalue weighted by Crippen LogP contribution is 2.31. The Morgan fingerprint density at radius 2 is 1.56 bits per heavy atom. The van der Waals surface area contributed by atoms with Crippen molar-refractivity contribution in [3.63, 3.8) is 0 Å². The van der Waals surface area contributed by atoms with Crippen LogP contribution in [0.4, 0.5) is 5.69 Å². The molecule has 1 aromatic rings. The zero-order chi connectivity index (χ0) is 22.7. The fourth-order valence-electron chi connectivity index (χ4n) is 5.15. The highest BCUT2D eigenvalue weighted by Gasteiger charge is 2.33. The third-order valence-corrected chi connectivity index (χ3v) is 7.16. The first-order valence-corrected chi connectivity index (χ1v) is 11.6. The van der Waals surface area contributed by atoms with Gasteiger partial charge in [0.1, 0.15) is 0 Å². The number of anilines is 1. The van der Waals surface area contributed by atoms with Crippen LogP contribution in [0.3, 0.4) is 0 Å². The van der Waals surface area contributed by atoms with Gasteiger partial charge in [0.15, 0.2) is 0 Å². The quantitative estimate of drug-likeness (QED) is 0.605. The van der Waals surface area contributed by atoms with E-state index in [-0.39, 0.29) is 35.5 Å². The average Bonchev–Trinajstić information content (AvgIpc) is 2.80. The van der Waals surface area contributed by atoms with Crippen LogP contribution in [0.15, 0.2) is 24.3 Å². The van der Waals surface area contributed by atoms with Crippen molar-refractivity contribution in [3.8, 4) is 0 Å². The fraction of sp³-hybridized carbons (Fsp3) is 0.583. The van der Waals surface area contributed by atoms with Gasteiger partial charge in [-0.05, 0) is 62.6 Å². The lowest BCUT2D eigenvalue weighted by Gasteiger charge is -2.35. The van der Waals surface area contributed by atoms with Crippen molar-refractivity contribution in [2.24, 2.45) is 11.8 Å². The average molecular weight is 442 g/mol. The number of piperidine rings is 2. The maximum Gasteiger partial charge on any atom is 0.306 e. The molecule has 1 aliphatic carbocycles. The number of carbonyl (C=O) groups excluding carboxylic acids is 3. The molecule has 0 spiro atoms. The summed E-state index contributed by atoms with van der Waals surface area (Å²) in [7, 11) is 0. The van der Waals surface area contributed by atoms with E-state index in [1.807, 2.05) is 29.2 Å². The number of aliphatic carboxylic acids is 1. The van der Waals surface area contributed by atoms with Gasteiger partial charge in [-0.3, -0.25) is 24.5 Å². The van der Waals surface area contributed by atoms with Gasteiger partial charge in [0.2, 0.25) is 17.7 Å². The normalized spacial score (nSPS) is 27.0. The Hall–Kier alpha value is -2.90. The van der Waals surface area contributed by atoms with Crippen LogP contribution in [0.1, 0.15) is 62.8 Å². The molecule has 0 aromatic heterocycles. The van der Waals surface area contributed by atoms with E-state index in [1.165, 1.54) is 0 Å². The summed E-state index contributed by atoms with van der Waals surface area (Å²) in [6.07, 6.45) is 5.51. The SMILES string of the molecule is O=C1CC[C@H](c2ccc(NC3CCC(C(=O)N4CCC(C(=O)O)CC4)CC3)cc2)C(=O)N1. The Balaban J connectivity index is 1.24. The van der Waals surface area contributed by atoms with E-state index in [9.17, 15) is 19.2 Å². The lowest BCUT2D eigenvalue weighted by atomic mass is 9.84. The number of hydrogen-bond acceptors (Lipinski definition) is 5. The largest absolute Gasteiger partial charge is 0.481 e. The molecule has 2 aliphatic heterocycles. The topological polar surface area (TPSA) is 116 Å². The van der Waals surface area contributed by atoms with Crippen LogP contribution in [-0.2, 0) is 19.2 Å². The molecule has 2 saturated heterocycles. The third kappa shape index (κ3) is 5.11. The van der Waals surface area contributed by atoms with Gasteiger partial charge in [-0.15, -0.1) is 0 Å². The van der Waals surface area contributed by atoms with E-state index in [2.05, 4.69) is 10.6 Å². The molecular formula is C24H31N3O5. The van der Waals surface area contributed by atoms with E-state index < -0.39 is 5.97 Å². The molecule has 4 rings (SSSR count). The van der Waals surface area contributed by atoms with Crippen molar-refractivity contribution in [2.45, 2.75) is 63.3 Å². The van der Waals surface area contributed by atoms with Crippen LogP contribution in [0.25, 0.3) is 0 Å². The first-order chi connectivity index (χ1) is 15.4. The molecule has 0 radical (unpaired) electrons. The summed E-state index contributed by atoms with van der Waals surface area (Å²) in [5.41, 5.74) is 1.91. The molecule has 172 valence electrons. The highest BCUT2D eigenvalue weighted by molar-refractivity contribution is 6.00. The Kier molecular flexibility index (Phi) is 6.77. The van der Waals surface area contributed by atoms with Gasteiger partial charge >= 0.3 is 5.97 Å². The second kappa shape index (κ2) is 9.71. The van der Waals surface area contributed by atoms with E-state index in [0.29, 0.717) is 44.8 Å². The number of carboxylic acid groups (broad SMARTS) is 1. The Morgan fingerprint density at radius 3 is 2.16 bits per heavy atom. The van der Waals surface area contributed by atoms with Crippen molar-refractivity contribution in [3.05, 3.63) is 29.8 Å². The molecular weight excluding hydrogens is 410 g/mol. The van der Waals surface area contributed by atoms with Gasteiger partial charge in [-0.25, -0.2) is 0 Å². The van der Waals surface area contributed by atoms with Gasteiger partial charge in [0, 0.05) is 37.2 Å². The molecule has 3 N–H and O–H groups in total. The van der Waals surface area contributed by atoms with Crippen molar-refractivity contribution >= 4 is 29.4 Å². The predicted molar refractivity (Wildman–Crippen MR) is 118 cm³/mol. The summed E-state index contributed by atoms with van der Waals surface area (Å²) in [5.74, 6) is -1.57. The Morgan fingerprint density at radius 1 is 0.906 bits per heavy atom. The van der Waals surface area contributed by atoms with Crippen LogP contribution in [0, 0.1) is 11.8 Å². The van der Waals surface area contributed by atoms with Gasteiger partial charge < -0.3 is 15.3 Å². The molecule has 3 amide bonds. The fourth-order valence-corrected chi connectivity index (χ4v) is 5.15.